The van der Waals surface area contributed by atoms with Crippen molar-refractivity contribution < 1.29 is 4.74 Å². The van der Waals surface area contributed by atoms with Crippen LogP contribution >= 0.6 is 11.6 Å². The Morgan fingerprint density at radius 3 is 2.56 bits per heavy atom. The molecule has 0 aliphatic rings. The van der Waals surface area contributed by atoms with Crippen molar-refractivity contribution in [3.05, 3.63) is 35.5 Å². The molecule has 0 saturated heterocycles. The first-order valence-electron chi connectivity index (χ1n) is 4.63. The summed E-state index contributed by atoms with van der Waals surface area (Å²) in [6.45, 7) is 0. The fourth-order valence-electron chi connectivity index (χ4n) is 1.29. The molecule has 0 atom stereocenters. The van der Waals surface area contributed by atoms with Crippen molar-refractivity contribution in [2.24, 2.45) is 0 Å². The normalized spacial score (nSPS) is 10.1. The molecular formula is C11H10ClN3O. The molecule has 2 rings (SSSR count). The van der Waals surface area contributed by atoms with Crippen molar-refractivity contribution in [3.8, 4) is 17.1 Å². The van der Waals surface area contributed by atoms with Gasteiger partial charge in [-0.15, -0.1) is 0 Å². The van der Waals surface area contributed by atoms with E-state index < -0.39 is 0 Å². The SMILES string of the molecule is COc1nc(-c2ccc(Cl)cc2)cnc1N. The zero-order chi connectivity index (χ0) is 11.5. The number of aromatic nitrogens is 2. The Kier molecular flexibility index (Phi) is 2.92. The molecule has 1 aromatic heterocycles. The lowest BCUT2D eigenvalue weighted by Crippen LogP contribution is -1.99. The fourth-order valence-corrected chi connectivity index (χ4v) is 1.42. The summed E-state index contributed by atoms with van der Waals surface area (Å²) >= 11 is 5.80. The monoisotopic (exact) mass is 235 g/mol. The van der Waals surface area contributed by atoms with Crippen LogP contribution in [-0.2, 0) is 0 Å². The van der Waals surface area contributed by atoms with E-state index in [0.29, 0.717) is 16.6 Å². The van der Waals surface area contributed by atoms with Gasteiger partial charge in [-0.1, -0.05) is 23.7 Å². The molecule has 0 amide bonds. The number of halogens is 1. The summed E-state index contributed by atoms with van der Waals surface area (Å²) in [6, 6.07) is 7.31. The molecule has 16 heavy (non-hydrogen) atoms. The maximum Gasteiger partial charge on any atom is 0.257 e. The van der Waals surface area contributed by atoms with Gasteiger partial charge in [-0.05, 0) is 12.1 Å². The molecule has 0 aliphatic heterocycles. The third-order valence-corrected chi connectivity index (χ3v) is 2.35. The highest BCUT2D eigenvalue weighted by Crippen LogP contribution is 2.23. The van der Waals surface area contributed by atoms with Crippen LogP contribution in [0.2, 0.25) is 5.02 Å². The van der Waals surface area contributed by atoms with E-state index in [0.717, 1.165) is 5.56 Å². The third kappa shape index (κ3) is 2.06. The quantitative estimate of drug-likeness (QED) is 0.868. The first-order valence-corrected chi connectivity index (χ1v) is 5.01. The number of benzene rings is 1. The number of methoxy groups -OCH3 is 1. The summed E-state index contributed by atoms with van der Waals surface area (Å²) in [4.78, 5) is 8.24. The van der Waals surface area contributed by atoms with E-state index in [9.17, 15) is 0 Å². The molecule has 0 unspecified atom stereocenters. The Morgan fingerprint density at radius 1 is 1.25 bits per heavy atom. The minimum absolute atomic E-state index is 0.278. The summed E-state index contributed by atoms with van der Waals surface area (Å²) in [5.41, 5.74) is 7.19. The number of anilines is 1. The van der Waals surface area contributed by atoms with E-state index in [-0.39, 0.29) is 5.82 Å². The van der Waals surface area contributed by atoms with E-state index in [1.165, 1.54) is 7.11 Å². The second-order valence-electron chi connectivity index (χ2n) is 3.16. The van der Waals surface area contributed by atoms with Crippen molar-refractivity contribution in [1.29, 1.82) is 0 Å². The van der Waals surface area contributed by atoms with Crippen LogP contribution in [-0.4, -0.2) is 17.1 Å². The molecular weight excluding hydrogens is 226 g/mol. The molecule has 0 radical (unpaired) electrons. The summed E-state index contributed by atoms with van der Waals surface area (Å²) in [6.07, 6.45) is 1.60. The van der Waals surface area contributed by atoms with Gasteiger partial charge in [0.1, 0.15) is 0 Å². The van der Waals surface area contributed by atoms with Gasteiger partial charge in [0.05, 0.1) is 19.0 Å². The number of nitrogen functional groups attached to an aromatic ring is 1. The van der Waals surface area contributed by atoms with E-state index in [1.807, 2.05) is 12.1 Å². The lowest BCUT2D eigenvalue weighted by Gasteiger charge is -2.05. The van der Waals surface area contributed by atoms with Crippen molar-refractivity contribution in [2.75, 3.05) is 12.8 Å². The summed E-state index contributed by atoms with van der Waals surface area (Å²) in [7, 11) is 1.51. The second kappa shape index (κ2) is 4.37. The Hall–Kier alpha value is -1.81. The van der Waals surface area contributed by atoms with Crippen molar-refractivity contribution in [2.45, 2.75) is 0 Å². The maximum atomic E-state index is 5.80. The number of rotatable bonds is 2. The Morgan fingerprint density at radius 2 is 1.94 bits per heavy atom. The van der Waals surface area contributed by atoms with Gasteiger partial charge in [0.2, 0.25) is 0 Å². The van der Waals surface area contributed by atoms with Gasteiger partial charge in [0, 0.05) is 10.6 Å². The van der Waals surface area contributed by atoms with Crippen LogP contribution in [0.25, 0.3) is 11.3 Å². The number of hydrogen-bond donors (Lipinski definition) is 1. The molecule has 4 nitrogen and oxygen atoms in total. The van der Waals surface area contributed by atoms with E-state index in [1.54, 1.807) is 18.3 Å². The molecule has 0 aliphatic carbocycles. The molecule has 2 aromatic rings. The van der Waals surface area contributed by atoms with Gasteiger partial charge in [0.15, 0.2) is 5.82 Å². The first kappa shape index (κ1) is 10.7. The molecule has 1 aromatic carbocycles. The average molecular weight is 236 g/mol. The van der Waals surface area contributed by atoms with Gasteiger partial charge in [-0.25, -0.2) is 9.97 Å². The van der Waals surface area contributed by atoms with Crippen LogP contribution in [0.1, 0.15) is 0 Å². The predicted molar refractivity (Wildman–Crippen MR) is 63.4 cm³/mol. The van der Waals surface area contributed by atoms with Crippen LogP contribution in [0.3, 0.4) is 0 Å². The van der Waals surface area contributed by atoms with Crippen LogP contribution < -0.4 is 10.5 Å². The number of hydrogen-bond acceptors (Lipinski definition) is 4. The highest BCUT2D eigenvalue weighted by Gasteiger charge is 2.06. The van der Waals surface area contributed by atoms with Crippen LogP contribution in [0.15, 0.2) is 30.5 Å². The first-order chi connectivity index (χ1) is 7.70. The Balaban J connectivity index is 2.44. The standard InChI is InChI=1S/C11H10ClN3O/c1-16-11-10(13)14-6-9(15-11)7-2-4-8(12)5-3-7/h2-6H,1H3,(H2,13,14). The third-order valence-electron chi connectivity index (χ3n) is 2.10. The summed E-state index contributed by atoms with van der Waals surface area (Å²) < 4.78 is 5.01. The number of nitrogens with two attached hydrogens (primary N) is 1. The molecule has 1 heterocycles. The van der Waals surface area contributed by atoms with Crippen molar-refractivity contribution >= 4 is 17.4 Å². The van der Waals surface area contributed by atoms with Gasteiger partial charge < -0.3 is 10.5 Å². The second-order valence-corrected chi connectivity index (χ2v) is 3.59. The maximum absolute atomic E-state index is 5.80. The molecule has 0 fully saturated rings. The molecule has 5 heteroatoms. The minimum atomic E-state index is 0.278. The molecule has 82 valence electrons. The topological polar surface area (TPSA) is 61.0 Å². The largest absolute Gasteiger partial charge is 0.478 e. The van der Waals surface area contributed by atoms with Crippen LogP contribution in [0.4, 0.5) is 5.82 Å². The van der Waals surface area contributed by atoms with Crippen LogP contribution in [0.5, 0.6) is 5.88 Å². The molecule has 2 N–H and O–H groups in total. The van der Waals surface area contributed by atoms with Crippen molar-refractivity contribution in [3.63, 3.8) is 0 Å². The van der Waals surface area contributed by atoms with Crippen molar-refractivity contribution in [1.82, 2.24) is 9.97 Å². The zero-order valence-corrected chi connectivity index (χ0v) is 9.40. The minimum Gasteiger partial charge on any atom is -0.478 e. The summed E-state index contributed by atoms with van der Waals surface area (Å²) in [5.74, 6) is 0.604. The number of ether oxygens (including phenoxy) is 1. The van der Waals surface area contributed by atoms with Gasteiger partial charge in [-0.3, -0.25) is 0 Å². The molecule has 0 saturated carbocycles. The lowest BCUT2D eigenvalue weighted by atomic mass is 10.2. The Bertz CT molecular complexity index is 499. The van der Waals surface area contributed by atoms with E-state index in [2.05, 4.69) is 9.97 Å². The van der Waals surface area contributed by atoms with E-state index >= 15 is 0 Å². The summed E-state index contributed by atoms with van der Waals surface area (Å²) in [5, 5.41) is 0.680. The average Bonchev–Trinajstić information content (AvgIpc) is 2.31. The fraction of sp³-hybridized carbons (Fsp3) is 0.0909. The number of nitrogens with zero attached hydrogens (tertiary/aromatic N) is 2. The predicted octanol–water partition coefficient (Wildman–Crippen LogP) is 2.39. The zero-order valence-electron chi connectivity index (χ0n) is 8.64. The van der Waals surface area contributed by atoms with E-state index in [4.69, 9.17) is 22.1 Å². The van der Waals surface area contributed by atoms with Gasteiger partial charge in [0.25, 0.3) is 5.88 Å². The highest BCUT2D eigenvalue weighted by molar-refractivity contribution is 6.30. The molecule has 0 spiro atoms. The molecule has 0 bridgehead atoms. The Labute approximate surface area is 98.0 Å². The lowest BCUT2D eigenvalue weighted by molar-refractivity contribution is 0.399. The smallest absolute Gasteiger partial charge is 0.257 e. The van der Waals surface area contributed by atoms with Gasteiger partial charge in [-0.2, -0.15) is 0 Å². The van der Waals surface area contributed by atoms with Gasteiger partial charge >= 0.3 is 0 Å². The van der Waals surface area contributed by atoms with Crippen LogP contribution in [0, 0.1) is 0 Å². The highest BCUT2D eigenvalue weighted by atomic mass is 35.5.